The molecule has 1 atom stereocenters. The van der Waals surface area contributed by atoms with Crippen LogP contribution in [-0.2, 0) is 23.8 Å². The SMILES string of the molecule is C[C@@H](OC(=O)C1=COCCO1)C(=O)Nc1ccc(Cl)cc1Cl. The van der Waals surface area contributed by atoms with Gasteiger partial charge in [0.05, 0.1) is 10.7 Å². The van der Waals surface area contributed by atoms with Crippen molar-refractivity contribution in [3.63, 3.8) is 0 Å². The number of anilines is 1. The summed E-state index contributed by atoms with van der Waals surface area (Å²) in [5.41, 5.74) is 0.371. The molecular weight excluding hydrogens is 333 g/mol. The molecule has 0 radical (unpaired) electrons. The number of hydrogen-bond acceptors (Lipinski definition) is 5. The highest BCUT2D eigenvalue weighted by molar-refractivity contribution is 6.36. The predicted octanol–water partition coefficient (Wildman–Crippen LogP) is 2.75. The number of halogens is 2. The molecular formula is C14H13Cl2NO5. The molecule has 118 valence electrons. The zero-order chi connectivity index (χ0) is 16.1. The van der Waals surface area contributed by atoms with Crippen LogP contribution in [0.1, 0.15) is 6.92 Å². The van der Waals surface area contributed by atoms with Crippen molar-refractivity contribution in [2.75, 3.05) is 18.5 Å². The topological polar surface area (TPSA) is 73.9 Å². The van der Waals surface area contributed by atoms with Crippen LogP contribution >= 0.6 is 23.2 Å². The van der Waals surface area contributed by atoms with Crippen LogP contribution in [0.25, 0.3) is 0 Å². The van der Waals surface area contributed by atoms with Crippen molar-refractivity contribution < 1.29 is 23.8 Å². The lowest BCUT2D eigenvalue weighted by Gasteiger charge is -2.17. The molecule has 1 amide bonds. The molecule has 1 N–H and O–H groups in total. The highest BCUT2D eigenvalue weighted by Crippen LogP contribution is 2.25. The van der Waals surface area contributed by atoms with Crippen molar-refractivity contribution in [3.8, 4) is 0 Å². The number of carbonyl (C=O) groups is 2. The van der Waals surface area contributed by atoms with E-state index in [0.29, 0.717) is 17.3 Å². The number of nitrogens with one attached hydrogen (secondary N) is 1. The zero-order valence-corrected chi connectivity index (χ0v) is 13.1. The Morgan fingerprint density at radius 3 is 2.73 bits per heavy atom. The van der Waals surface area contributed by atoms with Gasteiger partial charge in [0.25, 0.3) is 5.91 Å². The third-order valence-corrected chi connectivity index (χ3v) is 3.24. The molecule has 0 bridgehead atoms. The van der Waals surface area contributed by atoms with E-state index in [-0.39, 0.29) is 17.4 Å². The van der Waals surface area contributed by atoms with Gasteiger partial charge in [0.2, 0.25) is 5.76 Å². The molecule has 0 unspecified atom stereocenters. The predicted molar refractivity (Wildman–Crippen MR) is 80.6 cm³/mol. The summed E-state index contributed by atoms with van der Waals surface area (Å²) in [5, 5.41) is 3.28. The fourth-order valence-electron chi connectivity index (χ4n) is 1.57. The average Bonchev–Trinajstić information content (AvgIpc) is 2.50. The fourth-order valence-corrected chi connectivity index (χ4v) is 2.03. The number of carbonyl (C=O) groups excluding carboxylic acids is 2. The minimum atomic E-state index is -1.04. The lowest BCUT2D eigenvalue weighted by molar-refractivity contribution is -0.153. The maximum absolute atomic E-state index is 12.0. The van der Waals surface area contributed by atoms with Gasteiger partial charge in [-0.2, -0.15) is 0 Å². The van der Waals surface area contributed by atoms with Crippen molar-refractivity contribution >= 4 is 40.8 Å². The second-order valence-corrected chi connectivity index (χ2v) is 5.21. The minimum absolute atomic E-state index is 0.0737. The highest BCUT2D eigenvalue weighted by Gasteiger charge is 2.23. The van der Waals surface area contributed by atoms with Gasteiger partial charge in [0, 0.05) is 5.02 Å². The Balaban J connectivity index is 1.94. The van der Waals surface area contributed by atoms with Crippen LogP contribution in [0.5, 0.6) is 0 Å². The summed E-state index contributed by atoms with van der Waals surface area (Å²) in [6, 6.07) is 4.63. The number of rotatable bonds is 4. The van der Waals surface area contributed by atoms with Crippen LogP contribution in [0, 0.1) is 0 Å². The van der Waals surface area contributed by atoms with E-state index in [9.17, 15) is 9.59 Å². The molecule has 0 saturated carbocycles. The first-order valence-electron chi connectivity index (χ1n) is 6.39. The molecule has 8 heteroatoms. The zero-order valence-electron chi connectivity index (χ0n) is 11.6. The van der Waals surface area contributed by atoms with Gasteiger partial charge in [-0.15, -0.1) is 0 Å². The highest BCUT2D eigenvalue weighted by atomic mass is 35.5. The monoisotopic (exact) mass is 345 g/mol. The van der Waals surface area contributed by atoms with Gasteiger partial charge in [-0.1, -0.05) is 23.2 Å². The molecule has 1 aromatic rings. The van der Waals surface area contributed by atoms with E-state index in [1.54, 1.807) is 12.1 Å². The van der Waals surface area contributed by atoms with Crippen molar-refractivity contribution in [2.45, 2.75) is 13.0 Å². The van der Waals surface area contributed by atoms with Crippen LogP contribution in [0.15, 0.2) is 30.2 Å². The summed E-state index contributed by atoms with van der Waals surface area (Å²) >= 11 is 11.7. The number of ether oxygens (including phenoxy) is 3. The van der Waals surface area contributed by atoms with Crippen molar-refractivity contribution in [2.24, 2.45) is 0 Å². The van der Waals surface area contributed by atoms with Gasteiger partial charge >= 0.3 is 5.97 Å². The fraction of sp³-hybridized carbons (Fsp3) is 0.286. The number of hydrogen-bond donors (Lipinski definition) is 1. The van der Waals surface area contributed by atoms with Crippen molar-refractivity contribution in [1.29, 1.82) is 0 Å². The molecule has 2 rings (SSSR count). The number of esters is 1. The third kappa shape index (κ3) is 4.29. The van der Waals surface area contributed by atoms with E-state index in [0.717, 1.165) is 6.26 Å². The molecule has 1 aliphatic rings. The van der Waals surface area contributed by atoms with Crippen LogP contribution in [0.2, 0.25) is 10.0 Å². The normalized spacial score (nSPS) is 15.0. The van der Waals surface area contributed by atoms with Crippen molar-refractivity contribution in [1.82, 2.24) is 0 Å². The summed E-state index contributed by atoms with van der Waals surface area (Å²) in [4.78, 5) is 23.8. The summed E-state index contributed by atoms with van der Waals surface area (Å²) in [7, 11) is 0. The summed E-state index contributed by atoms with van der Waals surface area (Å²) < 4.78 is 15.0. The Morgan fingerprint density at radius 1 is 1.32 bits per heavy atom. The Bertz CT molecular complexity index is 617. The van der Waals surface area contributed by atoms with Gasteiger partial charge in [-0.25, -0.2) is 4.79 Å². The van der Waals surface area contributed by atoms with E-state index in [4.69, 9.17) is 37.4 Å². The molecule has 6 nitrogen and oxygen atoms in total. The quantitative estimate of drug-likeness (QED) is 0.849. The smallest absolute Gasteiger partial charge is 0.377 e. The van der Waals surface area contributed by atoms with Gasteiger partial charge in [-0.05, 0) is 25.1 Å². The first-order chi connectivity index (χ1) is 10.5. The van der Waals surface area contributed by atoms with Gasteiger partial charge in [0.15, 0.2) is 6.10 Å². The van der Waals surface area contributed by atoms with Crippen LogP contribution in [0.4, 0.5) is 5.69 Å². The second kappa shape index (κ2) is 7.38. The number of benzene rings is 1. The standard InChI is InChI=1S/C14H13Cl2NO5/c1-8(22-14(19)12-7-20-4-5-21-12)13(18)17-11-3-2-9(15)6-10(11)16/h2-3,6-8H,4-5H2,1H3,(H,17,18)/t8-/m1/s1. The molecule has 0 aromatic heterocycles. The molecule has 0 fully saturated rings. The maximum atomic E-state index is 12.0. The molecule has 0 spiro atoms. The molecule has 1 aromatic carbocycles. The molecule has 0 saturated heterocycles. The lowest BCUT2D eigenvalue weighted by Crippen LogP contribution is -2.31. The van der Waals surface area contributed by atoms with Crippen LogP contribution < -0.4 is 5.32 Å². The first-order valence-corrected chi connectivity index (χ1v) is 7.14. The average molecular weight is 346 g/mol. The van der Waals surface area contributed by atoms with E-state index >= 15 is 0 Å². The Morgan fingerprint density at radius 2 is 2.09 bits per heavy atom. The summed E-state index contributed by atoms with van der Waals surface area (Å²) in [6.07, 6.45) is 0.123. The van der Waals surface area contributed by atoms with E-state index < -0.39 is 18.0 Å². The van der Waals surface area contributed by atoms with Gasteiger partial charge < -0.3 is 19.5 Å². The Kier molecular flexibility index (Phi) is 5.51. The van der Waals surface area contributed by atoms with Crippen LogP contribution in [-0.4, -0.2) is 31.2 Å². The molecule has 22 heavy (non-hydrogen) atoms. The minimum Gasteiger partial charge on any atom is -0.493 e. The van der Waals surface area contributed by atoms with E-state index in [2.05, 4.69) is 5.32 Å². The van der Waals surface area contributed by atoms with E-state index in [1.165, 1.54) is 13.0 Å². The number of amides is 1. The molecule has 1 aliphatic heterocycles. The third-order valence-electron chi connectivity index (χ3n) is 2.69. The van der Waals surface area contributed by atoms with Gasteiger partial charge in [0.1, 0.15) is 19.5 Å². The van der Waals surface area contributed by atoms with Gasteiger partial charge in [-0.3, -0.25) is 4.79 Å². The van der Waals surface area contributed by atoms with Crippen LogP contribution in [0.3, 0.4) is 0 Å². The second-order valence-electron chi connectivity index (χ2n) is 4.36. The van der Waals surface area contributed by atoms with E-state index in [1.807, 2.05) is 0 Å². The van der Waals surface area contributed by atoms with Crippen molar-refractivity contribution in [3.05, 3.63) is 40.3 Å². The summed E-state index contributed by atoms with van der Waals surface area (Å²) in [6.45, 7) is 2.05. The largest absolute Gasteiger partial charge is 0.493 e. The Hall–Kier alpha value is -1.92. The lowest BCUT2D eigenvalue weighted by atomic mass is 10.3. The molecule has 1 heterocycles. The first kappa shape index (κ1) is 16.5. The Labute approximate surface area is 136 Å². The summed E-state index contributed by atoms with van der Waals surface area (Å²) in [5.74, 6) is -1.38. The maximum Gasteiger partial charge on any atom is 0.377 e. The molecule has 0 aliphatic carbocycles.